The predicted octanol–water partition coefficient (Wildman–Crippen LogP) is 3.77. The fourth-order valence-corrected chi connectivity index (χ4v) is 2.99. The monoisotopic (exact) mass is 416 g/mol. The summed E-state index contributed by atoms with van der Waals surface area (Å²) < 4.78 is 4.37. The van der Waals surface area contributed by atoms with Gasteiger partial charge in [0, 0.05) is 5.70 Å². The second-order valence-corrected chi connectivity index (χ2v) is 7.39. The summed E-state index contributed by atoms with van der Waals surface area (Å²) in [5.41, 5.74) is 1.52. The average molecular weight is 417 g/mol. The summed E-state index contributed by atoms with van der Waals surface area (Å²) in [5.74, 6) is 0.441. The number of nitrogens with one attached hydrogen (secondary N) is 2. The molecule has 0 radical (unpaired) electrons. The lowest BCUT2D eigenvalue weighted by molar-refractivity contribution is -0.115. The minimum Gasteiger partial charge on any atom is -0.486 e. The molecule has 2 N–H and O–H groups in total. The molecule has 1 aromatic heterocycles. The third-order valence-electron chi connectivity index (χ3n) is 3.89. The summed E-state index contributed by atoms with van der Waals surface area (Å²) in [5, 5.41) is 5.73. The molecule has 1 heterocycles. The molecular formula is C20H18Cl2N4O2. The molecule has 6 nitrogen and oxygen atoms in total. The van der Waals surface area contributed by atoms with E-state index in [2.05, 4.69) is 27.2 Å². The average Bonchev–Trinajstić information content (AvgIpc) is 2.70. The van der Waals surface area contributed by atoms with Gasteiger partial charge >= 0.3 is 0 Å². The van der Waals surface area contributed by atoms with Gasteiger partial charge in [0.15, 0.2) is 10.1 Å². The largest absolute Gasteiger partial charge is 0.486 e. The van der Waals surface area contributed by atoms with Crippen LogP contribution in [0.5, 0.6) is 5.75 Å². The Kier molecular flexibility index (Phi) is 6.34. The topological polar surface area (TPSA) is 76.1 Å². The molecule has 1 aliphatic carbocycles. The van der Waals surface area contributed by atoms with Crippen LogP contribution in [0.1, 0.15) is 5.56 Å². The smallest absolute Gasteiger partial charge is 0.247 e. The molecule has 8 heteroatoms. The van der Waals surface area contributed by atoms with Crippen molar-refractivity contribution in [2.24, 2.45) is 0 Å². The standard InChI is InChI=1S/C20H18Cl2N4O2/c1-2-17(27)25-16-9-6-10-20(21,22)18(16)26-19-23-11-15(12-24-19)28-13-14-7-4-3-5-8-14/h2-12,18H,1,13H2,(H,25,27)(H,23,24,26). The highest BCUT2D eigenvalue weighted by molar-refractivity contribution is 6.51. The summed E-state index contributed by atoms with van der Waals surface area (Å²) in [6.45, 7) is 3.85. The van der Waals surface area contributed by atoms with Crippen LogP contribution in [0.2, 0.25) is 0 Å². The van der Waals surface area contributed by atoms with Crippen molar-refractivity contribution in [2.45, 2.75) is 17.0 Å². The van der Waals surface area contributed by atoms with Gasteiger partial charge in [0.25, 0.3) is 0 Å². The zero-order valence-electron chi connectivity index (χ0n) is 14.8. The highest BCUT2D eigenvalue weighted by Crippen LogP contribution is 2.35. The number of carbonyl (C=O) groups is 1. The summed E-state index contributed by atoms with van der Waals surface area (Å²) in [6.07, 6.45) is 9.22. The molecule has 144 valence electrons. The Bertz CT molecular complexity index is 896. The lowest BCUT2D eigenvalue weighted by atomic mass is 10.0. The number of benzene rings is 1. The number of alkyl halides is 2. The lowest BCUT2D eigenvalue weighted by Crippen LogP contribution is -2.45. The minimum atomic E-state index is -1.30. The van der Waals surface area contributed by atoms with E-state index < -0.39 is 10.4 Å². The Morgan fingerprint density at radius 1 is 1.25 bits per heavy atom. The molecular weight excluding hydrogens is 399 g/mol. The highest BCUT2D eigenvalue weighted by Gasteiger charge is 2.38. The van der Waals surface area contributed by atoms with Gasteiger partial charge in [0.2, 0.25) is 11.9 Å². The number of hydrogen-bond acceptors (Lipinski definition) is 5. The number of nitrogens with zero attached hydrogens (tertiary/aromatic N) is 2. The third kappa shape index (κ3) is 5.12. The van der Waals surface area contributed by atoms with E-state index in [-0.39, 0.29) is 11.9 Å². The van der Waals surface area contributed by atoms with Crippen LogP contribution in [0, 0.1) is 0 Å². The van der Waals surface area contributed by atoms with Crippen LogP contribution < -0.4 is 15.4 Å². The van der Waals surface area contributed by atoms with E-state index in [1.807, 2.05) is 30.3 Å². The Morgan fingerprint density at radius 2 is 1.96 bits per heavy atom. The van der Waals surface area contributed by atoms with E-state index in [4.69, 9.17) is 27.9 Å². The summed E-state index contributed by atoms with van der Waals surface area (Å²) >= 11 is 12.8. The van der Waals surface area contributed by atoms with E-state index >= 15 is 0 Å². The van der Waals surface area contributed by atoms with E-state index in [1.54, 1.807) is 30.6 Å². The second kappa shape index (κ2) is 8.91. The van der Waals surface area contributed by atoms with Crippen molar-refractivity contribution in [3.63, 3.8) is 0 Å². The number of aromatic nitrogens is 2. The molecule has 1 aromatic carbocycles. The molecule has 0 saturated heterocycles. The molecule has 0 aliphatic heterocycles. The Morgan fingerprint density at radius 3 is 2.64 bits per heavy atom. The maximum absolute atomic E-state index is 11.7. The molecule has 1 aliphatic rings. The van der Waals surface area contributed by atoms with Crippen LogP contribution in [0.3, 0.4) is 0 Å². The van der Waals surface area contributed by atoms with Gasteiger partial charge < -0.3 is 15.4 Å². The van der Waals surface area contributed by atoms with Gasteiger partial charge in [-0.25, -0.2) is 9.97 Å². The number of anilines is 1. The van der Waals surface area contributed by atoms with Gasteiger partial charge in [0.1, 0.15) is 12.6 Å². The number of ether oxygens (including phenoxy) is 1. The van der Waals surface area contributed by atoms with Crippen molar-refractivity contribution < 1.29 is 9.53 Å². The van der Waals surface area contributed by atoms with E-state index in [0.29, 0.717) is 18.1 Å². The molecule has 0 bridgehead atoms. The fraction of sp³-hybridized carbons (Fsp3) is 0.150. The zero-order valence-corrected chi connectivity index (χ0v) is 16.3. The number of carbonyl (C=O) groups excluding carboxylic acids is 1. The molecule has 3 rings (SSSR count). The summed E-state index contributed by atoms with van der Waals surface area (Å²) in [7, 11) is 0. The van der Waals surface area contributed by atoms with Crippen LogP contribution in [0.15, 0.2) is 79.3 Å². The molecule has 1 amide bonds. The van der Waals surface area contributed by atoms with Crippen molar-refractivity contribution in [1.29, 1.82) is 0 Å². The van der Waals surface area contributed by atoms with Crippen LogP contribution in [0.4, 0.5) is 5.95 Å². The molecule has 2 aromatic rings. The lowest BCUT2D eigenvalue weighted by Gasteiger charge is -2.32. The number of amides is 1. The fourth-order valence-electron chi connectivity index (χ4n) is 2.50. The minimum absolute atomic E-state index is 0.289. The van der Waals surface area contributed by atoms with Crippen molar-refractivity contribution in [1.82, 2.24) is 15.3 Å². The first kappa shape index (κ1) is 19.9. The Hall–Kier alpha value is -2.83. The number of halogens is 2. The van der Waals surface area contributed by atoms with Gasteiger partial charge in [-0.3, -0.25) is 4.79 Å². The van der Waals surface area contributed by atoms with Gasteiger partial charge in [-0.1, -0.05) is 66.2 Å². The number of allylic oxidation sites excluding steroid dienone is 2. The predicted molar refractivity (Wildman–Crippen MR) is 110 cm³/mol. The second-order valence-electron chi connectivity index (χ2n) is 5.94. The van der Waals surface area contributed by atoms with Crippen molar-refractivity contribution in [3.05, 3.63) is 84.9 Å². The maximum Gasteiger partial charge on any atom is 0.247 e. The summed E-state index contributed by atoms with van der Waals surface area (Å²) in [6, 6.07) is 9.12. The zero-order chi connectivity index (χ0) is 20.0. The van der Waals surface area contributed by atoms with E-state index in [1.165, 1.54) is 0 Å². The van der Waals surface area contributed by atoms with Gasteiger partial charge in [0.05, 0.1) is 12.4 Å². The Labute approximate surface area is 172 Å². The highest BCUT2D eigenvalue weighted by atomic mass is 35.5. The first-order valence-electron chi connectivity index (χ1n) is 8.44. The number of hydrogen-bond donors (Lipinski definition) is 2. The molecule has 28 heavy (non-hydrogen) atoms. The maximum atomic E-state index is 11.7. The van der Waals surface area contributed by atoms with Crippen molar-refractivity contribution >= 4 is 35.1 Å². The van der Waals surface area contributed by atoms with Crippen LogP contribution in [0.25, 0.3) is 0 Å². The van der Waals surface area contributed by atoms with E-state index in [9.17, 15) is 4.79 Å². The van der Waals surface area contributed by atoms with Crippen LogP contribution in [-0.4, -0.2) is 26.3 Å². The SMILES string of the molecule is C=CC(=O)NC1=CC=CC(Cl)(Cl)C1Nc1ncc(OCc2ccccc2)cn1. The van der Waals surface area contributed by atoms with Gasteiger partial charge in [-0.15, -0.1) is 0 Å². The normalized spacial score (nSPS) is 17.4. The quantitative estimate of drug-likeness (QED) is 0.530. The van der Waals surface area contributed by atoms with Crippen molar-refractivity contribution in [3.8, 4) is 5.75 Å². The molecule has 0 spiro atoms. The molecule has 0 fully saturated rings. The first-order valence-corrected chi connectivity index (χ1v) is 9.19. The molecule has 1 atom stereocenters. The summed E-state index contributed by atoms with van der Waals surface area (Å²) in [4.78, 5) is 20.1. The van der Waals surface area contributed by atoms with Crippen LogP contribution >= 0.6 is 23.2 Å². The number of rotatable bonds is 7. The Balaban J connectivity index is 1.67. The van der Waals surface area contributed by atoms with Crippen molar-refractivity contribution in [2.75, 3.05) is 5.32 Å². The third-order valence-corrected chi connectivity index (χ3v) is 4.58. The molecule has 0 saturated carbocycles. The van der Waals surface area contributed by atoms with E-state index in [0.717, 1.165) is 11.6 Å². The van der Waals surface area contributed by atoms with Crippen LogP contribution in [-0.2, 0) is 11.4 Å². The van der Waals surface area contributed by atoms with Gasteiger partial charge in [-0.05, 0) is 23.8 Å². The molecule has 1 unspecified atom stereocenters. The van der Waals surface area contributed by atoms with Gasteiger partial charge in [-0.2, -0.15) is 0 Å². The first-order chi connectivity index (χ1) is 13.5.